The molecular weight excluding hydrogens is 180 g/mol. The molecule has 0 bridgehead atoms. The molecule has 0 aromatic heterocycles. The molecule has 78 valence electrons. The van der Waals surface area contributed by atoms with Crippen molar-refractivity contribution in [2.45, 2.75) is 38.1 Å². The number of imide groups is 1. The predicted molar refractivity (Wildman–Crippen MR) is 51.5 cm³/mol. The Morgan fingerprint density at radius 2 is 2.00 bits per heavy atom. The summed E-state index contributed by atoms with van der Waals surface area (Å²) < 4.78 is 0. The lowest BCUT2D eigenvalue weighted by molar-refractivity contribution is -0.137. The van der Waals surface area contributed by atoms with E-state index in [1.807, 2.05) is 0 Å². The van der Waals surface area contributed by atoms with Crippen LogP contribution in [0.2, 0.25) is 0 Å². The van der Waals surface area contributed by atoms with Crippen LogP contribution >= 0.6 is 0 Å². The minimum Gasteiger partial charge on any atom is -0.313 e. The molecule has 0 saturated carbocycles. The fraction of sp³-hybridized carbons (Fsp3) is 0.800. The van der Waals surface area contributed by atoms with Crippen LogP contribution in [0.25, 0.3) is 0 Å². The molecule has 0 aromatic carbocycles. The standard InChI is InChI=1S/C10H16N2O2/c13-9-5-4-7(10(14)12-9)8-3-1-2-6-11-8/h7-8,11H,1-6H2,(H,12,13,14). The summed E-state index contributed by atoms with van der Waals surface area (Å²) in [7, 11) is 0. The third kappa shape index (κ3) is 1.95. The number of piperidine rings is 2. The largest absolute Gasteiger partial charge is 0.313 e. The van der Waals surface area contributed by atoms with E-state index in [9.17, 15) is 9.59 Å². The van der Waals surface area contributed by atoms with Crippen molar-refractivity contribution in [1.82, 2.24) is 10.6 Å². The predicted octanol–water partition coefficient (Wildman–Crippen LogP) is 0.181. The monoisotopic (exact) mass is 196 g/mol. The van der Waals surface area contributed by atoms with Gasteiger partial charge in [0.1, 0.15) is 0 Å². The van der Waals surface area contributed by atoms with Gasteiger partial charge in [0.15, 0.2) is 0 Å². The summed E-state index contributed by atoms with van der Waals surface area (Å²) in [6.07, 6.45) is 4.66. The lowest BCUT2D eigenvalue weighted by atomic mass is 9.86. The molecule has 4 heteroatoms. The Bertz CT molecular complexity index is 247. The maximum Gasteiger partial charge on any atom is 0.231 e. The van der Waals surface area contributed by atoms with Crippen LogP contribution in [0.15, 0.2) is 0 Å². The van der Waals surface area contributed by atoms with E-state index in [4.69, 9.17) is 0 Å². The smallest absolute Gasteiger partial charge is 0.231 e. The van der Waals surface area contributed by atoms with Gasteiger partial charge in [0.2, 0.25) is 11.8 Å². The van der Waals surface area contributed by atoms with E-state index in [1.165, 1.54) is 12.8 Å². The molecule has 2 aliphatic rings. The molecule has 2 fully saturated rings. The average Bonchev–Trinajstić information content (AvgIpc) is 2.19. The van der Waals surface area contributed by atoms with Crippen molar-refractivity contribution in [1.29, 1.82) is 0 Å². The van der Waals surface area contributed by atoms with E-state index < -0.39 is 0 Å². The maximum absolute atomic E-state index is 11.5. The third-order valence-corrected chi connectivity index (χ3v) is 3.12. The van der Waals surface area contributed by atoms with E-state index in [0.717, 1.165) is 13.0 Å². The molecule has 0 aliphatic carbocycles. The van der Waals surface area contributed by atoms with Gasteiger partial charge in [0.25, 0.3) is 0 Å². The van der Waals surface area contributed by atoms with Crippen molar-refractivity contribution in [2.75, 3.05) is 6.54 Å². The number of hydrogen-bond acceptors (Lipinski definition) is 3. The van der Waals surface area contributed by atoms with Crippen LogP contribution in [0.4, 0.5) is 0 Å². The van der Waals surface area contributed by atoms with Crippen LogP contribution in [0.3, 0.4) is 0 Å². The van der Waals surface area contributed by atoms with Crippen molar-refractivity contribution in [3.05, 3.63) is 0 Å². The molecule has 2 atom stereocenters. The number of carbonyl (C=O) groups is 2. The van der Waals surface area contributed by atoms with Crippen LogP contribution in [0, 0.1) is 5.92 Å². The number of hydrogen-bond donors (Lipinski definition) is 2. The van der Waals surface area contributed by atoms with E-state index >= 15 is 0 Å². The topological polar surface area (TPSA) is 58.2 Å². The fourth-order valence-electron chi connectivity index (χ4n) is 2.32. The van der Waals surface area contributed by atoms with Gasteiger partial charge in [-0.2, -0.15) is 0 Å². The second-order valence-electron chi connectivity index (χ2n) is 4.11. The maximum atomic E-state index is 11.5. The molecule has 4 nitrogen and oxygen atoms in total. The molecule has 0 aromatic rings. The van der Waals surface area contributed by atoms with Crippen molar-refractivity contribution in [3.8, 4) is 0 Å². The van der Waals surface area contributed by atoms with E-state index in [1.54, 1.807) is 0 Å². The van der Waals surface area contributed by atoms with Gasteiger partial charge in [-0.05, 0) is 25.8 Å². The molecule has 2 amide bonds. The first-order chi connectivity index (χ1) is 6.77. The summed E-state index contributed by atoms with van der Waals surface area (Å²) >= 11 is 0. The zero-order valence-electron chi connectivity index (χ0n) is 8.21. The van der Waals surface area contributed by atoms with Gasteiger partial charge in [-0.1, -0.05) is 6.42 Å². The normalized spacial score (nSPS) is 34.0. The Kier molecular flexibility index (Phi) is 2.82. The zero-order valence-corrected chi connectivity index (χ0v) is 8.21. The van der Waals surface area contributed by atoms with Crippen LogP contribution in [0.1, 0.15) is 32.1 Å². The van der Waals surface area contributed by atoms with Gasteiger partial charge < -0.3 is 5.32 Å². The summed E-state index contributed by atoms with van der Waals surface area (Å²) in [5.41, 5.74) is 0. The summed E-state index contributed by atoms with van der Waals surface area (Å²) in [6.45, 7) is 1.00. The highest BCUT2D eigenvalue weighted by Gasteiger charge is 2.33. The fourth-order valence-corrected chi connectivity index (χ4v) is 2.32. The molecule has 0 spiro atoms. The van der Waals surface area contributed by atoms with Crippen molar-refractivity contribution in [3.63, 3.8) is 0 Å². The Morgan fingerprint density at radius 1 is 1.14 bits per heavy atom. The number of nitrogens with one attached hydrogen (secondary N) is 2. The molecule has 2 rings (SSSR count). The number of carbonyl (C=O) groups excluding carboxylic acids is 2. The van der Waals surface area contributed by atoms with E-state index in [2.05, 4.69) is 10.6 Å². The van der Waals surface area contributed by atoms with Crippen LogP contribution in [-0.2, 0) is 9.59 Å². The van der Waals surface area contributed by atoms with Crippen LogP contribution in [0.5, 0.6) is 0 Å². The summed E-state index contributed by atoms with van der Waals surface area (Å²) in [6, 6.07) is 0.289. The molecule has 2 N–H and O–H groups in total. The number of amides is 2. The van der Waals surface area contributed by atoms with Gasteiger partial charge in [-0.15, -0.1) is 0 Å². The van der Waals surface area contributed by atoms with Crippen molar-refractivity contribution >= 4 is 11.8 Å². The Morgan fingerprint density at radius 3 is 2.64 bits per heavy atom. The van der Waals surface area contributed by atoms with Gasteiger partial charge in [0.05, 0.1) is 5.92 Å². The zero-order chi connectivity index (χ0) is 9.97. The Balaban J connectivity index is 1.95. The SMILES string of the molecule is O=C1CCC(C2CCCCN2)C(=O)N1. The average molecular weight is 196 g/mol. The minimum atomic E-state index is -0.123. The first-order valence-corrected chi connectivity index (χ1v) is 5.34. The third-order valence-electron chi connectivity index (χ3n) is 3.12. The van der Waals surface area contributed by atoms with Crippen LogP contribution < -0.4 is 10.6 Å². The van der Waals surface area contributed by atoms with Gasteiger partial charge in [-0.25, -0.2) is 0 Å². The number of rotatable bonds is 1. The quantitative estimate of drug-likeness (QED) is 0.588. The summed E-state index contributed by atoms with van der Waals surface area (Å²) in [5.74, 6) is -0.198. The molecule has 14 heavy (non-hydrogen) atoms. The minimum absolute atomic E-state index is 0.00741. The van der Waals surface area contributed by atoms with Gasteiger partial charge >= 0.3 is 0 Å². The molecule has 2 heterocycles. The Hall–Kier alpha value is -0.900. The molecular formula is C10H16N2O2. The lowest BCUT2D eigenvalue weighted by Gasteiger charge is -2.32. The summed E-state index contributed by atoms with van der Waals surface area (Å²) in [5, 5.41) is 5.77. The first-order valence-electron chi connectivity index (χ1n) is 5.34. The van der Waals surface area contributed by atoms with Gasteiger partial charge in [0, 0.05) is 12.5 Å². The highest BCUT2D eigenvalue weighted by Crippen LogP contribution is 2.22. The highest BCUT2D eigenvalue weighted by atomic mass is 16.2. The Labute approximate surface area is 83.4 Å². The molecule has 2 aliphatic heterocycles. The molecule has 0 radical (unpaired) electrons. The summed E-state index contributed by atoms with van der Waals surface area (Å²) in [4.78, 5) is 22.5. The van der Waals surface area contributed by atoms with E-state index in [-0.39, 0.29) is 23.8 Å². The van der Waals surface area contributed by atoms with Crippen molar-refractivity contribution < 1.29 is 9.59 Å². The molecule has 2 saturated heterocycles. The molecule has 2 unspecified atom stereocenters. The van der Waals surface area contributed by atoms with Crippen LogP contribution in [-0.4, -0.2) is 24.4 Å². The second-order valence-corrected chi connectivity index (χ2v) is 4.11. The highest BCUT2D eigenvalue weighted by molar-refractivity contribution is 5.98. The van der Waals surface area contributed by atoms with E-state index in [0.29, 0.717) is 12.8 Å². The lowest BCUT2D eigenvalue weighted by Crippen LogP contribution is -2.51. The van der Waals surface area contributed by atoms with Crippen molar-refractivity contribution in [2.24, 2.45) is 5.92 Å². The second kappa shape index (κ2) is 4.09. The van der Waals surface area contributed by atoms with Gasteiger partial charge in [-0.3, -0.25) is 14.9 Å². The first kappa shape index (κ1) is 9.65.